The van der Waals surface area contributed by atoms with Crippen LogP contribution in [0.2, 0.25) is 5.02 Å². The minimum Gasteiger partial charge on any atom is -0.322 e. The van der Waals surface area contributed by atoms with Gasteiger partial charge in [0.25, 0.3) is 5.91 Å². The lowest BCUT2D eigenvalue weighted by Crippen LogP contribution is -2.13. The molecule has 1 N–H and O–H groups in total. The second-order valence-corrected chi connectivity index (χ2v) is 6.50. The maximum Gasteiger partial charge on any atom is 0.258 e. The molecule has 0 aliphatic heterocycles. The van der Waals surface area contributed by atoms with Crippen molar-refractivity contribution in [2.45, 2.75) is 10.8 Å². The first-order valence-electron chi connectivity index (χ1n) is 7.41. The van der Waals surface area contributed by atoms with E-state index >= 15 is 0 Å². The van der Waals surface area contributed by atoms with Crippen molar-refractivity contribution in [1.82, 2.24) is 4.98 Å². The van der Waals surface area contributed by atoms with Gasteiger partial charge >= 0.3 is 0 Å². The molecular formula is C19H15ClN2OS. The summed E-state index contributed by atoms with van der Waals surface area (Å²) in [4.78, 5) is 16.9. The average molecular weight is 355 g/mol. The molecule has 0 atom stereocenters. The molecule has 2 aromatic carbocycles. The molecule has 1 amide bonds. The van der Waals surface area contributed by atoms with Gasteiger partial charge in [-0.1, -0.05) is 48.0 Å². The maximum absolute atomic E-state index is 12.6. The topological polar surface area (TPSA) is 42.0 Å². The van der Waals surface area contributed by atoms with Gasteiger partial charge in [-0.25, -0.2) is 4.98 Å². The molecule has 0 aliphatic carbocycles. The third-order valence-corrected chi connectivity index (χ3v) is 4.63. The van der Waals surface area contributed by atoms with Gasteiger partial charge in [-0.2, -0.15) is 0 Å². The lowest BCUT2D eigenvalue weighted by molar-refractivity contribution is 0.102. The molecule has 1 heterocycles. The van der Waals surface area contributed by atoms with Gasteiger partial charge in [-0.3, -0.25) is 4.79 Å². The van der Waals surface area contributed by atoms with Crippen LogP contribution in [0.4, 0.5) is 5.69 Å². The standard InChI is InChI=1S/C19H15ClN2OS/c20-15-8-4-9-16(12-15)22-18(23)17-10-5-11-21-19(17)24-13-14-6-2-1-3-7-14/h1-12H,13H2,(H,22,23). The van der Waals surface area contributed by atoms with Gasteiger partial charge in [0.15, 0.2) is 0 Å². The smallest absolute Gasteiger partial charge is 0.258 e. The van der Waals surface area contributed by atoms with E-state index in [1.807, 2.05) is 18.2 Å². The van der Waals surface area contributed by atoms with E-state index in [0.29, 0.717) is 21.3 Å². The number of thioether (sulfide) groups is 1. The normalized spacial score (nSPS) is 10.4. The molecular weight excluding hydrogens is 340 g/mol. The van der Waals surface area contributed by atoms with Crippen LogP contribution in [0.3, 0.4) is 0 Å². The largest absolute Gasteiger partial charge is 0.322 e. The van der Waals surface area contributed by atoms with Crippen LogP contribution in [0.5, 0.6) is 0 Å². The SMILES string of the molecule is O=C(Nc1cccc(Cl)c1)c1cccnc1SCc1ccccc1. The molecule has 3 nitrogen and oxygen atoms in total. The first kappa shape index (κ1) is 16.6. The van der Waals surface area contributed by atoms with Crippen molar-refractivity contribution >= 4 is 35.0 Å². The van der Waals surface area contributed by atoms with Gasteiger partial charge in [0.1, 0.15) is 5.03 Å². The molecule has 1 aromatic heterocycles. The zero-order valence-corrected chi connectivity index (χ0v) is 14.3. The van der Waals surface area contributed by atoms with Crippen molar-refractivity contribution in [3.8, 4) is 0 Å². The Labute approximate surface area is 150 Å². The number of anilines is 1. The van der Waals surface area contributed by atoms with Gasteiger partial charge in [-0.15, -0.1) is 11.8 Å². The Bertz CT molecular complexity index is 840. The van der Waals surface area contributed by atoms with Gasteiger partial charge < -0.3 is 5.32 Å². The number of rotatable bonds is 5. The van der Waals surface area contributed by atoms with Crippen molar-refractivity contribution in [1.29, 1.82) is 0 Å². The van der Waals surface area contributed by atoms with E-state index in [2.05, 4.69) is 22.4 Å². The van der Waals surface area contributed by atoms with Crippen molar-refractivity contribution in [2.75, 3.05) is 5.32 Å². The lowest BCUT2D eigenvalue weighted by Gasteiger charge is -2.09. The highest BCUT2D eigenvalue weighted by Crippen LogP contribution is 2.25. The molecule has 0 saturated heterocycles. The molecule has 0 saturated carbocycles. The predicted octanol–water partition coefficient (Wildman–Crippen LogP) is 5.28. The molecule has 0 unspecified atom stereocenters. The second kappa shape index (κ2) is 7.99. The van der Waals surface area contributed by atoms with Gasteiger partial charge in [0, 0.05) is 22.7 Å². The van der Waals surface area contributed by atoms with Gasteiger partial charge in [-0.05, 0) is 35.9 Å². The van der Waals surface area contributed by atoms with Crippen LogP contribution < -0.4 is 5.32 Å². The minimum atomic E-state index is -0.194. The summed E-state index contributed by atoms with van der Waals surface area (Å²) in [6.07, 6.45) is 1.70. The molecule has 0 bridgehead atoms. The van der Waals surface area contributed by atoms with Crippen LogP contribution in [0, 0.1) is 0 Å². The molecule has 0 radical (unpaired) electrons. The minimum absolute atomic E-state index is 0.194. The summed E-state index contributed by atoms with van der Waals surface area (Å²) in [5.41, 5.74) is 2.41. The number of nitrogens with one attached hydrogen (secondary N) is 1. The zero-order chi connectivity index (χ0) is 16.8. The third kappa shape index (κ3) is 4.37. The van der Waals surface area contributed by atoms with E-state index in [0.717, 1.165) is 5.75 Å². The highest BCUT2D eigenvalue weighted by Gasteiger charge is 2.13. The zero-order valence-electron chi connectivity index (χ0n) is 12.8. The Kier molecular flexibility index (Phi) is 5.51. The summed E-state index contributed by atoms with van der Waals surface area (Å²) in [7, 11) is 0. The molecule has 3 aromatic rings. The summed E-state index contributed by atoms with van der Waals surface area (Å²) in [5, 5.41) is 4.15. The van der Waals surface area contributed by atoms with Crippen molar-refractivity contribution in [2.24, 2.45) is 0 Å². The number of hydrogen-bond donors (Lipinski definition) is 1. The molecule has 24 heavy (non-hydrogen) atoms. The van der Waals surface area contributed by atoms with E-state index in [9.17, 15) is 4.79 Å². The number of hydrogen-bond acceptors (Lipinski definition) is 3. The van der Waals surface area contributed by atoms with Gasteiger partial charge in [0.2, 0.25) is 0 Å². The quantitative estimate of drug-likeness (QED) is 0.634. The molecule has 3 rings (SSSR count). The first-order valence-corrected chi connectivity index (χ1v) is 8.77. The van der Waals surface area contributed by atoms with Crippen LogP contribution in [-0.2, 0) is 5.75 Å². The molecule has 0 spiro atoms. The Hall–Kier alpha value is -2.30. The summed E-state index contributed by atoms with van der Waals surface area (Å²) >= 11 is 7.50. The summed E-state index contributed by atoms with van der Waals surface area (Å²) in [6.45, 7) is 0. The Morgan fingerprint density at radius 3 is 2.67 bits per heavy atom. The fourth-order valence-corrected chi connectivity index (χ4v) is 3.31. The first-order chi connectivity index (χ1) is 11.7. The van der Waals surface area contributed by atoms with E-state index < -0.39 is 0 Å². The van der Waals surface area contributed by atoms with Crippen LogP contribution in [0.1, 0.15) is 15.9 Å². The molecule has 5 heteroatoms. The van der Waals surface area contributed by atoms with Crippen molar-refractivity contribution in [3.05, 3.63) is 89.1 Å². The number of nitrogens with zero attached hydrogens (tertiary/aromatic N) is 1. The number of carbonyl (C=O) groups is 1. The number of aromatic nitrogens is 1. The van der Waals surface area contributed by atoms with Gasteiger partial charge in [0.05, 0.1) is 5.56 Å². The lowest BCUT2D eigenvalue weighted by atomic mass is 10.2. The third-order valence-electron chi connectivity index (χ3n) is 3.32. The van der Waals surface area contributed by atoms with Crippen molar-refractivity contribution in [3.63, 3.8) is 0 Å². The number of amides is 1. The Morgan fingerprint density at radius 1 is 1.04 bits per heavy atom. The highest BCUT2D eigenvalue weighted by molar-refractivity contribution is 7.98. The predicted molar refractivity (Wildman–Crippen MR) is 99.6 cm³/mol. The highest BCUT2D eigenvalue weighted by atomic mass is 35.5. The second-order valence-electron chi connectivity index (χ2n) is 5.09. The fraction of sp³-hybridized carbons (Fsp3) is 0.0526. The summed E-state index contributed by atoms with van der Waals surface area (Å²) < 4.78 is 0. The monoisotopic (exact) mass is 354 g/mol. The van der Waals surface area contributed by atoms with Crippen molar-refractivity contribution < 1.29 is 4.79 Å². The van der Waals surface area contributed by atoms with E-state index in [1.165, 1.54) is 5.56 Å². The summed E-state index contributed by atoms with van der Waals surface area (Å²) in [5.74, 6) is 0.566. The van der Waals surface area contributed by atoms with Crippen LogP contribution >= 0.6 is 23.4 Å². The van der Waals surface area contributed by atoms with E-state index in [1.54, 1.807) is 54.4 Å². The number of halogens is 1. The maximum atomic E-state index is 12.6. The number of pyridine rings is 1. The molecule has 0 fully saturated rings. The van der Waals surface area contributed by atoms with Crippen LogP contribution in [0.25, 0.3) is 0 Å². The summed E-state index contributed by atoms with van der Waals surface area (Å²) in [6, 6.07) is 20.7. The molecule has 0 aliphatic rings. The average Bonchev–Trinajstić information content (AvgIpc) is 2.61. The fourth-order valence-electron chi connectivity index (χ4n) is 2.17. The number of carbonyl (C=O) groups excluding carboxylic acids is 1. The Morgan fingerprint density at radius 2 is 1.88 bits per heavy atom. The Balaban J connectivity index is 1.74. The van der Waals surface area contributed by atoms with Crippen LogP contribution in [0.15, 0.2) is 78.0 Å². The van der Waals surface area contributed by atoms with Crippen LogP contribution in [-0.4, -0.2) is 10.9 Å². The number of benzene rings is 2. The van der Waals surface area contributed by atoms with E-state index in [-0.39, 0.29) is 5.91 Å². The van der Waals surface area contributed by atoms with E-state index in [4.69, 9.17) is 11.6 Å². The molecule has 120 valence electrons.